The third-order valence-corrected chi connectivity index (χ3v) is 5.74. The Kier molecular flexibility index (Phi) is 6.81. The number of carbonyl (C=O) groups is 1. The smallest absolute Gasteiger partial charge is 0.240 e. The van der Waals surface area contributed by atoms with Crippen LogP contribution in [-0.4, -0.2) is 21.4 Å². The van der Waals surface area contributed by atoms with Crippen molar-refractivity contribution >= 4 is 21.6 Å². The maximum absolute atomic E-state index is 13.2. The highest BCUT2D eigenvalue weighted by Crippen LogP contribution is 2.23. The molecule has 0 atom stereocenters. The van der Waals surface area contributed by atoms with Gasteiger partial charge in [-0.1, -0.05) is 18.2 Å². The van der Waals surface area contributed by atoms with Crippen molar-refractivity contribution < 1.29 is 22.3 Å². The molecule has 3 aromatic rings. The molecular weight excluding hydrogens is 407 g/mol. The van der Waals surface area contributed by atoms with E-state index in [-0.39, 0.29) is 23.0 Å². The van der Waals surface area contributed by atoms with Gasteiger partial charge < -0.3 is 10.1 Å². The molecule has 0 aliphatic rings. The van der Waals surface area contributed by atoms with Gasteiger partial charge in [-0.2, -0.15) is 0 Å². The van der Waals surface area contributed by atoms with Gasteiger partial charge in [-0.15, -0.1) is 0 Å². The Morgan fingerprint density at radius 3 is 2.30 bits per heavy atom. The van der Waals surface area contributed by atoms with Crippen LogP contribution in [0.2, 0.25) is 0 Å². The Morgan fingerprint density at radius 1 is 0.967 bits per heavy atom. The van der Waals surface area contributed by atoms with E-state index in [1.54, 1.807) is 48.5 Å². The van der Waals surface area contributed by atoms with Crippen molar-refractivity contribution in [2.45, 2.75) is 17.7 Å². The van der Waals surface area contributed by atoms with Gasteiger partial charge in [0, 0.05) is 18.2 Å². The van der Waals surface area contributed by atoms with Gasteiger partial charge in [0.1, 0.15) is 17.3 Å². The minimum Gasteiger partial charge on any atom is -0.457 e. The molecule has 0 radical (unpaired) electrons. The molecule has 2 N–H and O–H groups in total. The van der Waals surface area contributed by atoms with Crippen LogP contribution in [0.4, 0.5) is 10.1 Å². The molecule has 0 spiro atoms. The Hall–Kier alpha value is -3.23. The lowest BCUT2D eigenvalue weighted by Gasteiger charge is -2.09. The van der Waals surface area contributed by atoms with Crippen LogP contribution in [0, 0.1) is 5.82 Å². The quantitative estimate of drug-likeness (QED) is 0.566. The number of hydrogen-bond donors (Lipinski definition) is 2. The number of rotatable bonds is 8. The topological polar surface area (TPSA) is 84.5 Å². The summed E-state index contributed by atoms with van der Waals surface area (Å²) in [5.41, 5.74) is 1.47. The fourth-order valence-corrected chi connectivity index (χ4v) is 3.44. The minimum atomic E-state index is -3.47. The lowest BCUT2D eigenvalue weighted by molar-refractivity contribution is -0.116. The second kappa shape index (κ2) is 9.51. The van der Waals surface area contributed by atoms with E-state index in [2.05, 4.69) is 10.0 Å². The Morgan fingerprint density at radius 2 is 1.67 bits per heavy atom. The van der Waals surface area contributed by atoms with Gasteiger partial charge in [0.05, 0.1) is 4.90 Å². The summed E-state index contributed by atoms with van der Waals surface area (Å²) in [4.78, 5) is 12.4. The number of anilines is 1. The fraction of sp³-hybridized carbons (Fsp3) is 0.136. The zero-order valence-electron chi connectivity index (χ0n) is 16.3. The molecule has 0 saturated heterocycles. The Bertz CT molecular complexity index is 1110. The third-order valence-electron chi connectivity index (χ3n) is 4.31. The zero-order valence-corrected chi connectivity index (χ0v) is 17.1. The lowest BCUT2D eigenvalue weighted by atomic mass is 10.1. The second-order valence-corrected chi connectivity index (χ2v) is 8.37. The summed E-state index contributed by atoms with van der Waals surface area (Å²) in [5.74, 6) is 0.367. The summed E-state index contributed by atoms with van der Waals surface area (Å²) in [5, 5.41) is 2.80. The van der Waals surface area contributed by atoms with Gasteiger partial charge in [-0.25, -0.2) is 17.5 Å². The molecule has 0 heterocycles. The Labute approximate surface area is 174 Å². The molecule has 30 heavy (non-hydrogen) atoms. The molecule has 0 saturated carbocycles. The molecule has 8 heteroatoms. The molecule has 3 rings (SSSR count). The van der Waals surface area contributed by atoms with Crippen molar-refractivity contribution in [3.8, 4) is 11.5 Å². The first-order chi connectivity index (χ1) is 14.4. The standard InChI is InChI=1S/C22H21FN2O4S/c1-24-30(27,28)21-12-5-16(6-13-21)7-14-22(26)25-18-8-10-19(11-9-18)29-20-4-2-3-17(23)15-20/h2-6,8-13,15,24H,7,14H2,1H3,(H,25,26). The lowest BCUT2D eigenvalue weighted by Crippen LogP contribution is -2.18. The molecule has 156 valence electrons. The van der Waals surface area contributed by atoms with Crippen LogP contribution in [0.1, 0.15) is 12.0 Å². The maximum Gasteiger partial charge on any atom is 0.240 e. The molecule has 3 aromatic carbocycles. The summed E-state index contributed by atoms with van der Waals surface area (Å²) in [6.07, 6.45) is 0.728. The van der Waals surface area contributed by atoms with Gasteiger partial charge in [0.15, 0.2) is 0 Å². The SMILES string of the molecule is CNS(=O)(=O)c1ccc(CCC(=O)Nc2ccc(Oc3cccc(F)c3)cc2)cc1. The molecule has 0 fully saturated rings. The molecule has 0 bridgehead atoms. The number of aryl methyl sites for hydroxylation is 1. The molecular formula is C22H21FN2O4S. The number of nitrogens with one attached hydrogen (secondary N) is 2. The van der Waals surface area contributed by atoms with Crippen LogP contribution in [-0.2, 0) is 21.2 Å². The van der Waals surface area contributed by atoms with E-state index in [0.29, 0.717) is 23.6 Å². The van der Waals surface area contributed by atoms with E-state index in [9.17, 15) is 17.6 Å². The number of ether oxygens (including phenoxy) is 1. The average molecular weight is 428 g/mol. The van der Waals surface area contributed by atoms with Crippen LogP contribution < -0.4 is 14.8 Å². The van der Waals surface area contributed by atoms with E-state index in [4.69, 9.17) is 4.74 Å². The normalized spacial score (nSPS) is 11.1. The van der Waals surface area contributed by atoms with Crippen LogP contribution in [0.25, 0.3) is 0 Å². The summed E-state index contributed by atoms with van der Waals surface area (Å²) in [6, 6.07) is 19.0. The van der Waals surface area contributed by atoms with E-state index in [1.807, 2.05) is 0 Å². The van der Waals surface area contributed by atoms with E-state index in [1.165, 1.54) is 31.3 Å². The van der Waals surface area contributed by atoms with Gasteiger partial charge >= 0.3 is 0 Å². The predicted molar refractivity (Wildman–Crippen MR) is 113 cm³/mol. The predicted octanol–water partition coefficient (Wildman–Crippen LogP) is 4.10. The Balaban J connectivity index is 1.51. The molecule has 0 aliphatic carbocycles. The van der Waals surface area contributed by atoms with E-state index in [0.717, 1.165) is 5.56 Å². The largest absolute Gasteiger partial charge is 0.457 e. The van der Waals surface area contributed by atoms with Gasteiger partial charge in [0.2, 0.25) is 15.9 Å². The molecule has 0 aliphatic heterocycles. The number of hydrogen-bond acceptors (Lipinski definition) is 4. The van der Waals surface area contributed by atoms with Crippen LogP contribution in [0.5, 0.6) is 11.5 Å². The summed E-state index contributed by atoms with van der Waals surface area (Å²) >= 11 is 0. The van der Waals surface area contributed by atoms with Crippen molar-refractivity contribution in [1.82, 2.24) is 4.72 Å². The number of amides is 1. The van der Waals surface area contributed by atoms with Crippen molar-refractivity contribution in [3.05, 3.63) is 84.2 Å². The van der Waals surface area contributed by atoms with Crippen molar-refractivity contribution in [1.29, 1.82) is 0 Å². The summed E-state index contributed by atoms with van der Waals surface area (Å²) in [6.45, 7) is 0. The molecule has 6 nitrogen and oxygen atoms in total. The number of halogens is 1. The first kappa shape index (κ1) is 21.5. The van der Waals surface area contributed by atoms with Crippen LogP contribution >= 0.6 is 0 Å². The first-order valence-corrected chi connectivity index (χ1v) is 10.7. The molecule has 1 amide bonds. The van der Waals surface area contributed by atoms with E-state index >= 15 is 0 Å². The van der Waals surface area contributed by atoms with Crippen molar-refractivity contribution in [3.63, 3.8) is 0 Å². The van der Waals surface area contributed by atoms with Crippen LogP contribution in [0.15, 0.2) is 77.7 Å². The number of carbonyl (C=O) groups excluding carboxylic acids is 1. The monoisotopic (exact) mass is 428 g/mol. The first-order valence-electron chi connectivity index (χ1n) is 9.21. The maximum atomic E-state index is 13.2. The van der Waals surface area contributed by atoms with Gasteiger partial charge in [0.25, 0.3) is 0 Å². The third kappa shape index (κ3) is 5.88. The minimum absolute atomic E-state index is 0.166. The molecule has 0 aromatic heterocycles. The highest BCUT2D eigenvalue weighted by Gasteiger charge is 2.11. The second-order valence-electron chi connectivity index (χ2n) is 6.48. The summed E-state index contributed by atoms with van der Waals surface area (Å²) in [7, 11) is -2.12. The zero-order chi connectivity index (χ0) is 21.6. The highest BCUT2D eigenvalue weighted by molar-refractivity contribution is 7.89. The number of sulfonamides is 1. The van der Waals surface area contributed by atoms with Gasteiger partial charge in [-0.3, -0.25) is 4.79 Å². The summed E-state index contributed by atoms with van der Waals surface area (Å²) < 4.78 is 44.5. The van der Waals surface area contributed by atoms with Gasteiger partial charge in [-0.05, 0) is 67.6 Å². The highest BCUT2D eigenvalue weighted by atomic mass is 32.2. The van der Waals surface area contributed by atoms with Crippen LogP contribution in [0.3, 0.4) is 0 Å². The molecule has 0 unspecified atom stereocenters. The number of benzene rings is 3. The average Bonchev–Trinajstić information content (AvgIpc) is 2.74. The van der Waals surface area contributed by atoms with Crippen molar-refractivity contribution in [2.75, 3.05) is 12.4 Å². The van der Waals surface area contributed by atoms with E-state index < -0.39 is 10.0 Å². The fourth-order valence-electron chi connectivity index (χ4n) is 2.71. The van der Waals surface area contributed by atoms with Crippen molar-refractivity contribution in [2.24, 2.45) is 0 Å².